The highest BCUT2D eigenvalue weighted by atomic mass is 32.1. The van der Waals surface area contributed by atoms with Crippen LogP contribution < -0.4 is 4.90 Å². The topological polar surface area (TPSA) is 71.2 Å². The Labute approximate surface area is 131 Å². The van der Waals surface area contributed by atoms with Gasteiger partial charge in [-0.3, -0.25) is 4.79 Å². The molecule has 6 nitrogen and oxygen atoms in total. The third-order valence-electron chi connectivity index (χ3n) is 3.32. The minimum atomic E-state index is -0.876. The number of benzene rings is 1. The van der Waals surface area contributed by atoms with Crippen molar-refractivity contribution >= 4 is 32.8 Å². The molecule has 7 heteroatoms. The van der Waals surface area contributed by atoms with Gasteiger partial charge >= 0.3 is 5.97 Å². The molecule has 0 atom stereocenters. The Morgan fingerprint density at radius 3 is 2.86 bits per heavy atom. The van der Waals surface area contributed by atoms with Crippen LogP contribution in [0.25, 0.3) is 16.0 Å². The minimum absolute atomic E-state index is 0.0764. The SMILES string of the molecule is Cc1cccc(-n2nc(C)c3sc(N(C)CC(=O)O)nc32)c1. The van der Waals surface area contributed by atoms with Gasteiger partial charge in [0.1, 0.15) is 6.54 Å². The highest BCUT2D eigenvalue weighted by molar-refractivity contribution is 7.22. The van der Waals surface area contributed by atoms with Gasteiger partial charge in [-0.2, -0.15) is 10.1 Å². The van der Waals surface area contributed by atoms with Crippen LogP contribution >= 0.6 is 11.3 Å². The molecule has 0 spiro atoms. The van der Waals surface area contributed by atoms with E-state index in [0.29, 0.717) is 5.13 Å². The zero-order valence-corrected chi connectivity index (χ0v) is 13.4. The summed E-state index contributed by atoms with van der Waals surface area (Å²) >= 11 is 1.46. The molecule has 0 saturated carbocycles. The second-order valence-corrected chi connectivity index (χ2v) is 6.21. The number of thiazole rings is 1. The largest absolute Gasteiger partial charge is 0.480 e. The van der Waals surface area contributed by atoms with Crippen LogP contribution in [-0.2, 0) is 4.79 Å². The van der Waals surface area contributed by atoms with E-state index in [1.54, 1.807) is 11.9 Å². The van der Waals surface area contributed by atoms with Crippen molar-refractivity contribution in [2.75, 3.05) is 18.5 Å². The molecule has 2 heterocycles. The van der Waals surface area contributed by atoms with Crippen molar-refractivity contribution in [3.8, 4) is 5.69 Å². The molecule has 22 heavy (non-hydrogen) atoms. The summed E-state index contributed by atoms with van der Waals surface area (Å²) in [5, 5.41) is 14.1. The number of anilines is 1. The molecule has 0 saturated heterocycles. The molecule has 114 valence electrons. The number of hydrogen-bond donors (Lipinski definition) is 1. The van der Waals surface area contributed by atoms with E-state index in [1.807, 2.05) is 42.8 Å². The highest BCUT2D eigenvalue weighted by Gasteiger charge is 2.18. The number of hydrogen-bond acceptors (Lipinski definition) is 5. The van der Waals surface area contributed by atoms with Gasteiger partial charge < -0.3 is 10.0 Å². The smallest absolute Gasteiger partial charge is 0.323 e. The predicted octanol–water partition coefficient (Wildman–Crippen LogP) is 2.62. The van der Waals surface area contributed by atoms with E-state index in [1.165, 1.54) is 11.3 Å². The molecule has 0 bridgehead atoms. The van der Waals surface area contributed by atoms with Crippen LogP contribution in [0.5, 0.6) is 0 Å². The van der Waals surface area contributed by atoms with Crippen molar-refractivity contribution in [2.24, 2.45) is 0 Å². The van der Waals surface area contributed by atoms with Crippen molar-refractivity contribution in [1.29, 1.82) is 0 Å². The summed E-state index contributed by atoms with van der Waals surface area (Å²) in [7, 11) is 1.73. The maximum atomic E-state index is 10.8. The summed E-state index contributed by atoms with van der Waals surface area (Å²) in [5.74, 6) is -0.876. The van der Waals surface area contributed by atoms with Gasteiger partial charge in [-0.05, 0) is 31.5 Å². The van der Waals surface area contributed by atoms with E-state index in [0.717, 1.165) is 27.3 Å². The molecule has 3 aromatic rings. The standard InChI is InChI=1S/C15H16N4O2S/c1-9-5-4-6-11(7-9)19-14-13(10(2)17-19)22-15(16-14)18(3)8-12(20)21/h4-7H,8H2,1-3H3,(H,20,21). The lowest BCUT2D eigenvalue weighted by atomic mass is 10.2. The quantitative estimate of drug-likeness (QED) is 0.801. The lowest BCUT2D eigenvalue weighted by Crippen LogP contribution is -2.24. The first-order valence-electron chi connectivity index (χ1n) is 6.82. The van der Waals surface area contributed by atoms with Crippen LogP contribution in [0.1, 0.15) is 11.3 Å². The Kier molecular flexibility index (Phi) is 3.58. The molecule has 3 rings (SSSR count). The Morgan fingerprint density at radius 1 is 1.41 bits per heavy atom. The van der Waals surface area contributed by atoms with E-state index >= 15 is 0 Å². The van der Waals surface area contributed by atoms with Crippen molar-refractivity contribution in [3.63, 3.8) is 0 Å². The zero-order chi connectivity index (χ0) is 15.9. The van der Waals surface area contributed by atoms with E-state index < -0.39 is 5.97 Å². The molecule has 1 aromatic carbocycles. The fourth-order valence-corrected chi connectivity index (χ4v) is 3.24. The first-order valence-corrected chi connectivity index (χ1v) is 7.63. The number of carbonyl (C=O) groups is 1. The Morgan fingerprint density at radius 2 is 2.18 bits per heavy atom. The number of rotatable bonds is 4. The average molecular weight is 316 g/mol. The maximum absolute atomic E-state index is 10.8. The maximum Gasteiger partial charge on any atom is 0.323 e. The Bertz CT molecular complexity index is 852. The van der Waals surface area contributed by atoms with Crippen LogP contribution in [0.4, 0.5) is 5.13 Å². The van der Waals surface area contributed by atoms with Crippen LogP contribution in [0.2, 0.25) is 0 Å². The number of carboxylic acid groups (broad SMARTS) is 1. The first kappa shape index (κ1) is 14.5. The molecule has 0 radical (unpaired) electrons. The van der Waals surface area contributed by atoms with Gasteiger partial charge in [0.2, 0.25) is 0 Å². The molecule has 1 N–H and O–H groups in total. The van der Waals surface area contributed by atoms with Gasteiger partial charge in [-0.25, -0.2) is 4.68 Å². The van der Waals surface area contributed by atoms with Crippen LogP contribution in [-0.4, -0.2) is 39.4 Å². The van der Waals surface area contributed by atoms with Gasteiger partial charge in [-0.1, -0.05) is 23.5 Å². The fourth-order valence-electron chi connectivity index (χ4n) is 2.30. The van der Waals surface area contributed by atoms with Crippen molar-refractivity contribution in [1.82, 2.24) is 14.8 Å². The summed E-state index contributed by atoms with van der Waals surface area (Å²) in [5.41, 5.74) is 3.76. The molecule has 0 aliphatic heterocycles. The van der Waals surface area contributed by atoms with E-state index in [2.05, 4.69) is 10.1 Å². The monoisotopic (exact) mass is 316 g/mol. The predicted molar refractivity (Wildman–Crippen MR) is 87.1 cm³/mol. The normalized spacial score (nSPS) is 11.0. The number of nitrogens with zero attached hydrogens (tertiary/aromatic N) is 4. The molecular formula is C15H16N4O2S. The molecule has 0 aliphatic carbocycles. The van der Waals surface area contributed by atoms with Gasteiger partial charge in [0.25, 0.3) is 0 Å². The van der Waals surface area contributed by atoms with Crippen LogP contribution in [0, 0.1) is 13.8 Å². The summed E-state index contributed by atoms with van der Waals surface area (Å²) < 4.78 is 2.79. The van der Waals surface area contributed by atoms with E-state index in [4.69, 9.17) is 5.11 Å². The highest BCUT2D eigenvalue weighted by Crippen LogP contribution is 2.32. The van der Waals surface area contributed by atoms with Crippen molar-refractivity contribution in [3.05, 3.63) is 35.5 Å². The Hall–Kier alpha value is -2.41. The number of carboxylic acids is 1. The van der Waals surface area contributed by atoms with E-state index in [-0.39, 0.29) is 6.54 Å². The van der Waals surface area contributed by atoms with Gasteiger partial charge in [0, 0.05) is 7.05 Å². The Balaban J connectivity index is 2.09. The molecule has 2 aromatic heterocycles. The van der Waals surface area contributed by atoms with Crippen molar-refractivity contribution in [2.45, 2.75) is 13.8 Å². The number of aromatic nitrogens is 3. The number of aryl methyl sites for hydroxylation is 2. The van der Waals surface area contributed by atoms with Crippen LogP contribution in [0.3, 0.4) is 0 Å². The van der Waals surface area contributed by atoms with Crippen LogP contribution in [0.15, 0.2) is 24.3 Å². The number of likely N-dealkylation sites (N-methyl/N-ethyl adjacent to an activating group) is 1. The first-order chi connectivity index (χ1) is 10.5. The number of aliphatic carboxylic acids is 1. The molecule has 0 fully saturated rings. The summed E-state index contributed by atoms with van der Waals surface area (Å²) in [6.45, 7) is 3.89. The third-order valence-corrected chi connectivity index (χ3v) is 4.59. The third kappa shape index (κ3) is 2.55. The number of fused-ring (bicyclic) bond motifs is 1. The lowest BCUT2D eigenvalue weighted by Gasteiger charge is -2.11. The summed E-state index contributed by atoms with van der Waals surface area (Å²) in [4.78, 5) is 17.1. The second kappa shape index (κ2) is 5.42. The van der Waals surface area contributed by atoms with Gasteiger partial charge in [0.15, 0.2) is 10.8 Å². The van der Waals surface area contributed by atoms with E-state index in [9.17, 15) is 4.79 Å². The van der Waals surface area contributed by atoms with Gasteiger partial charge in [-0.15, -0.1) is 0 Å². The molecule has 0 unspecified atom stereocenters. The second-order valence-electron chi connectivity index (χ2n) is 5.24. The lowest BCUT2D eigenvalue weighted by molar-refractivity contribution is -0.135. The zero-order valence-electron chi connectivity index (χ0n) is 12.6. The molecule has 0 aliphatic rings. The molecule has 0 amide bonds. The summed E-state index contributed by atoms with van der Waals surface area (Å²) in [6, 6.07) is 8.05. The fraction of sp³-hybridized carbons (Fsp3) is 0.267. The summed E-state index contributed by atoms with van der Waals surface area (Å²) in [6.07, 6.45) is 0. The van der Waals surface area contributed by atoms with Crippen molar-refractivity contribution < 1.29 is 9.90 Å². The van der Waals surface area contributed by atoms with Gasteiger partial charge in [0.05, 0.1) is 16.1 Å². The minimum Gasteiger partial charge on any atom is -0.480 e. The average Bonchev–Trinajstić information content (AvgIpc) is 2.99. The molecular weight excluding hydrogens is 300 g/mol.